The third-order valence-corrected chi connectivity index (χ3v) is 4.03. The van der Waals surface area contributed by atoms with Gasteiger partial charge in [0.15, 0.2) is 12.4 Å². The smallest absolute Gasteiger partial charge is 0.277 e. The molecule has 3 rings (SSSR count). The molecule has 0 saturated heterocycles. The molecule has 0 saturated carbocycles. The van der Waals surface area contributed by atoms with Crippen molar-refractivity contribution in [2.45, 2.75) is 6.54 Å². The van der Waals surface area contributed by atoms with E-state index in [1.54, 1.807) is 53.4 Å². The van der Waals surface area contributed by atoms with E-state index in [2.05, 4.69) is 10.5 Å². The Hall–Kier alpha value is -4.20. The minimum Gasteiger partial charge on any atom is -0.287 e. The van der Waals surface area contributed by atoms with E-state index in [1.807, 2.05) is 6.07 Å². The molecule has 144 valence electrons. The van der Waals surface area contributed by atoms with Gasteiger partial charge in [-0.3, -0.25) is 19.7 Å². The van der Waals surface area contributed by atoms with E-state index in [-0.39, 0.29) is 18.0 Å². The number of pyridine rings is 1. The average molecular weight is 389 g/mol. The van der Waals surface area contributed by atoms with E-state index in [4.69, 9.17) is 0 Å². The van der Waals surface area contributed by atoms with Crippen LogP contribution in [0.5, 0.6) is 0 Å². The monoisotopic (exact) mass is 389 g/mol. The molecule has 1 amide bonds. The highest BCUT2D eigenvalue weighted by Gasteiger charge is 2.14. The summed E-state index contributed by atoms with van der Waals surface area (Å²) in [5.41, 5.74) is 3.92. The molecule has 1 aromatic heterocycles. The molecule has 0 aliphatic rings. The fraction of sp³-hybridized carbons (Fsp3) is 0.0476. The minimum atomic E-state index is -0.490. The van der Waals surface area contributed by atoms with Gasteiger partial charge < -0.3 is 0 Å². The molecule has 0 atom stereocenters. The highest BCUT2D eigenvalue weighted by Crippen LogP contribution is 2.10. The lowest BCUT2D eigenvalue weighted by atomic mass is 10.1. The van der Waals surface area contributed by atoms with Crippen LogP contribution < -0.4 is 9.99 Å². The maximum Gasteiger partial charge on any atom is 0.277 e. The predicted octanol–water partition coefficient (Wildman–Crippen LogP) is 2.53. The Bertz CT molecular complexity index is 1060. The molecule has 29 heavy (non-hydrogen) atoms. The SMILES string of the molecule is O=C(C[n+]1cccc(C(=O)N/N=C/c2ccc([N+](=O)[O-])cc2)c1)c1ccccc1. The fourth-order valence-corrected chi connectivity index (χ4v) is 2.55. The molecule has 0 aliphatic carbocycles. The maximum atomic E-state index is 12.3. The molecular formula is C21H17N4O4+. The van der Waals surface area contributed by atoms with Gasteiger partial charge in [-0.1, -0.05) is 30.3 Å². The number of benzene rings is 2. The highest BCUT2D eigenvalue weighted by atomic mass is 16.6. The quantitative estimate of drug-likeness (QED) is 0.220. The van der Waals surface area contributed by atoms with Crippen molar-refractivity contribution in [1.29, 1.82) is 0 Å². The van der Waals surface area contributed by atoms with Gasteiger partial charge in [-0.25, -0.2) is 5.43 Å². The van der Waals surface area contributed by atoms with Crippen LogP contribution in [-0.4, -0.2) is 22.8 Å². The van der Waals surface area contributed by atoms with Crippen molar-refractivity contribution in [3.63, 3.8) is 0 Å². The molecule has 8 nitrogen and oxygen atoms in total. The third-order valence-electron chi connectivity index (χ3n) is 4.03. The predicted molar refractivity (Wildman–Crippen MR) is 106 cm³/mol. The number of rotatable bonds is 7. The lowest BCUT2D eigenvalue weighted by Crippen LogP contribution is -2.38. The number of nitro groups is 1. The van der Waals surface area contributed by atoms with Gasteiger partial charge in [0.2, 0.25) is 12.3 Å². The van der Waals surface area contributed by atoms with Crippen LogP contribution >= 0.6 is 0 Å². The Balaban J connectivity index is 1.61. The van der Waals surface area contributed by atoms with Crippen molar-refractivity contribution in [3.05, 3.63) is 106 Å². The summed E-state index contributed by atoms with van der Waals surface area (Å²) >= 11 is 0. The number of aromatic nitrogens is 1. The molecule has 0 radical (unpaired) electrons. The summed E-state index contributed by atoms with van der Waals surface area (Å²) < 4.78 is 1.63. The second-order valence-electron chi connectivity index (χ2n) is 6.10. The van der Waals surface area contributed by atoms with Crippen LogP contribution in [0.3, 0.4) is 0 Å². The first-order valence-corrected chi connectivity index (χ1v) is 8.68. The van der Waals surface area contributed by atoms with E-state index in [1.165, 1.54) is 30.5 Å². The van der Waals surface area contributed by atoms with Gasteiger partial charge in [0.05, 0.1) is 11.1 Å². The number of hydrazone groups is 1. The normalized spacial score (nSPS) is 10.6. The van der Waals surface area contributed by atoms with E-state index in [0.717, 1.165) is 0 Å². The van der Waals surface area contributed by atoms with Crippen LogP contribution in [0.1, 0.15) is 26.3 Å². The van der Waals surface area contributed by atoms with Crippen molar-refractivity contribution in [2.24, 2.45) is 5.10 Å². The highest BCUT2D eigenvalue weighted by molar-refractivity contribution is 5.95. The fourth-order valence-electron chi connectivity index (χ4n) is 2.55. The standard InChI is InChI=1S/C21H16N4O4/c26-20(17-5-2-1-3-6-17)15-24-12-4-7-18(14-24)21(27)23-22-13-16-8-10-19(11-9-16)25(28)29/h1-14H,15H2/p+1/b22-13+. The molecular weight excluding hydrogens is 372 g/mol. The largest absolute Gasteiger partial charge is 0.287 e. The van der Waals surface area contributed by atoms with Gasteiger partial charge in [-0.05, 0) is 23.8 Å². The number of amides is 1. The van der Waals surface area contributed by atoms with Crippen LogP contribution in [0, 0.1) is 10.1 Å². The van der Waals surface area contributed by atoms with Crippen molar-refractivity contribution in [3.8, 4) is 0 Å². The number of ketones is 1. The molecule has 1 N–H and O–H groups in total. The van der Waals surface area contributed by atoms with Crippen LogP contribution in [0.2, 0.25) is 0 Å². The first-order valence-electron chi connectivity index (χ1n) is 8.68. The maximum absolute atomic E-state index is 12.3. The number of Topliss-reactive ketones (excluding diaryl/α,β-unsaturated/α-hetero) is 1. The number of hydrogen-bond donors (Lipinski definition) is 1. The number of hydrogen-bond acceptors (Lipinski definition) is 5. The molecule has 0 fully saturated rings. The van der Waals surface area contributed by atoms with E-state index in [9.17, 15) is 19.7 Å². The second-order valence-corrected chi connectivity index (χ2v) is 6.10. The zero-order chi connectivity index (χ0) is 20.6. The number of nitrogens with one attached hydrogen (secondary N) is 1. The molecule has 0 bridgehead atoms. The molecule has 1 heterocycles. The summed E-state index contributed by atoms with van der Waals surface area (Å²) in [5.74, 6) is -0.506. The molecule has 8 heteroatoms. The van der Waals surface area contributed by atoms with E-state index >= 15 is 0 Å². The van der Waals surface area contributed by atoms with Gasteiger partial charge in [0.1, 0.15) is 5.56 Å². The Morgan fingerprint density at radius 1 is 1.00 bits per heavy atom. The summed E-state index contributed by atoms with van der Waals surface area (Å²) in [6.45, 7) is 0.108. The molecule has 3 aromatic rings. The van der Waals surface area contributed by atoms with Gasteiger partial charge >= 0.3 is 0 Å². The number of nitro benzene ring substituents is 1. The molecule has 0 spiro atoms. The van der Waals surface area contributed by atoms with Crippen LogP contribution in [0.25, 0.3) is 0 Å². The first-order chi connectivity index (χ1) is 14.0. The minimum absolute atomic E-state index is 0.0231. The zero-order valence-electron chi connectivity index (χ0n) is 15.3. The average Bonchev–Trinajstić information content (AvgIpc) is 2.75. The Morgan fingerprint density at radius 2 is 1.69 bits per heavy atom. The van der Waals surface area contributed by atoms with E-state index in [0.29, 0.717) is 16.7 Å². The number of nitrogens with zero attached hydrogens (tertiary/aromatic N) is 3. The Morgan fingerprint density at radius 3 is 2.38 bits per heavy atom. The van der Waals surface area contributed by atoms with Crippen molar-refractivity contribution in [1.82, 2.24) is 5.43 Å². The van der Waals surface area contributed by atoms with Crippen LogP contribution in [-0.2, 0) is 6.54 Å². The summed E-state index contributed by atoms with van der Waals surface area (Å²) in [6, 6.07) is 18.0. The van der Waals surface area contributed by atoms with Gasteiger partial charge in [0.25, 0.3) is 11.6 Å². The van der Waals surface area contributed by atoms with Crippen LogP contribution in [0.15, 0.2) is 84.2 Å². The molecule has 2 aromatic carbocycles. The first kappa shape index (κ1) is 19.6. The van der Waals surface area contributed by atoms with Crippen molar-refractivity contribution in [2.75, 3.05) is 0 Å². The topological polar surface area (TPSA) is 106 Å². The third kappa shape index (κ3) is 5.39. The Labute approximate surface area is 166 Å². The van der Waals surface area contributed by atoms with Crippen molar-refractivity contribution >= 4 is 23.6 Å². The number of non-ortho nitro benzene ring substituents is 1. The number of carbonyl (C=O) groups is 2. The van der Waals surface area contributed by atoms with E-state index < -0.39 is 10.8 Å². The Kier molecular flexibility index (Phi) is 6.16. The summed E-state index contributed by atoms with van der Waals surface area (Å²) in [6.07, 6.45) is 4.66. The lowest BCUT2D eigenvalue weighted by Gasteiger charge is -2.01. The van der Waals surface area contributed by atoms with Gasteiger partial charge in [-0.15, -0.1) is 0 Å². The number of carbonyl (C=O) groups excluding carboxylic acids is 2. The summed E-state index contributed by atoms with van der Waals surface area (Å²) in [5, 5.41) is 14.5. The lowest BCUT2D eigenvalue weighted by molar-refractivity contribution is -0.683. The molecule has 0 unspecified atom stereocenters. The molecule has 0 aliphatic heterocycles. The van der Waals surface area contributed by atoms with Crippen molar-refractivity contribution < 1.29 is 19.1 Å². The zero-order valence-corrected chi connectivity index (χ0v) is 15.3. The van der Waals surface area contributed by atoms with Gasteiger partial charge in [0, 0.05) is 23.8 Å². The van der Waals surface area contributed by atoms with Crippen LogP contribution in [0.4, 0.5) is 5.69 Å². The summed E-state index contributed by atoms with van der Waals surface area (Å²) in [7, 11) is 0. The summed E-state index contributed by atoms with van der Waals surface area (Å²) in [4.78, 5) is 34.7. The second kappa shape index (κ2) is 9.14. The van der Waals surface area contributed by atoms with Gasteiger partial charge in [-0.2, -0.15) is 9.67 Å².